The molecule has 24 heavy (non-hydrogen) atoms. The van der Waals surface area contributed by atoms with E-state index in [0.29, 0.717) is 18.9 Å². The second-order valence-corrected chi connectivity index (χ2v) is 5.32. The summed E-state index contributed by atoms with van der Waals surface area (Å²) in [5, 5.41) is 26.9. The fraction of sp³-hybridized carbons (Fsp3) is 0. The third-order valence-corrected chi connectivity index (χ3v) is 3.80. The van der Waals surface area contributed by atoms with Gasteiger partial charge in [0.2, 0.25) is 0 Å². The maximum absolute atomic E-state index is 9.13. The molecule has 0 saturated heterocycles. The summed E-state index contributed by atoms with van der Waals surface area (Å²) in [7, 11) is -0.790. The van der Waals surface area contributed by atoms with Crippen LogP contribution in [0.25, 0.3) is 22.3 Å². The zero-order valence-electron chi connectivity index (χ0n) is 12.8. The number of hydrogen-bond acceptors (Lipinski definition) is 4. The van der Waals surface area contributed by atoms with Crippen LogP contribution < -0.4 is 10.1 Å². The van der Waals surface area contributed by atoms with Gasteiger partial charge in [-0.3, -0.25) is 0 Å². The average Bonchev–Trinajstić information content (AvgIpc) is 2.63. The Hall–Kier alpha value is -2.53. The standard InChI is InChI=1S/C18H15B2O4/c21-19-24-18-11-7-16(8-12-18)14-3-1-13(2-4-14)15-5-9-17(10-6-15)20(22)23/h1-12,21-23H. The third-order valence-electron chi connectivity index (χ3n) is 3.80. The maximum Gasteiger partial charge on any atom is 0.569 e. The van der Waals surface area contributed by atoms with Crippen LogP contribution in [0.2, 0.25) is 0 Å². The van der Waals surface area contributed by atoms with Crippen molar-refractivity contribution in [1.82, 2.24) is 0 Å². The molecule has 0 amide bonds. The van der Waals surface area contributed by atoms with Gasteiger partial charge in [-0.15, -0.1) is 0 Å². The quantitative estimate of drug-likeness (QED) is 0.625. The topological polar surface area (TPSA) is 69.9 Å². The molecule has 117 valence electrons. The van der Waals surface area contributed by atoms with Crippen LogP contribution in [0.3, 0.4) is 0 Å². The van der Waals surface area contributed by atoms with Crippen molar-refractivity contribution in [2.24, 2.45) is 0 Å². The Morgan fingerprint density at radius 2 is 1.00 bits per heavy atom. The van der Waals surface area contributed by atoms with E-state index in [1.165, 1.54) is 0 Å². The van der Waals surface area contributed by atoms with Gasteiger partial charge in [0.1, 0.15) is 5.75 Å². The Balaban J connectivity index is 1.79. The zero-order valence-corrected chi connectivity index (χ0v) is 12.8. The highest BCUT2D eigenvalue weighted by atomic mass is 16.5. The first-order valence-corrected chi connectivity index (χ1v) is 7.47. The van der Waals surface area contributed by atoms with Crippen molar-refractivity contribution in [3.63, 3.8) is 0 Å². The van der Waals surface area contributed by atoms with Crippen LogP contribution in [0.15, 0.2) is 72.8 Å². The molecule has 0 atom stereocenters. The lowest BCUT2D eigenvalue weighted by Crippen LogP contribution is -2.29. The first-order valence-electron chi connectivity index (χ1n) is 7.47. The SMILES string of the molecule is O[B]Oc1ccc(-c2ccc(-c3ccc(B(O)O)cc3)cc2)cc1. The molecule has 0 aromatic heterocycles. The first kappa shape index (κ1) is 16.3. The van der Waals surface area contributed by atoms with Gasteiger partial charge in [-0.2, -0.15) is 0 Å². The minimum atomic E-state index is -1.45. The first-order chi connectivity index (χ1) is 11.7. The summed E-state index contributed by atoms with van der Waals surface area (Å²) in [6.07, 6.45) is 0. The average molecular weight is 317 g/mol. The number of hydrogen-bond donors (Lipinski definition) is 3. The molecular formula is C18H15B2O4. The molecule has 0 fully saturated rings. The van der Waals surface area contributed by atoms with Crippen LogP contribution in [0.4, 0.5) is 0 Å². The highest BCUT2D eigenvalue weighted by Gasteiger charge is 2.10. The molecule has 6 heteroatoms. The van der Waals surface area contributed by atoms with Crippen molar-refractivity contribution in [3.05, 3.63) is 72.8 Å². The highest BCUT2D eigenvalue weighted by molar-refractivity contribution is 6.58. The fourth-order valence-electron chi connectivity index (χ4n) is 2.49. The second-order valence-electron chi connectivity index (χ2n) is 5.32. The van der Waals surface area contributed by atoms with Gasteiger partial charge in [0.25, 0.3) is 0 Å². The summed E-state index contributed by atoms with van der Waals surface area (Å²) in [5.74, 6) is 0.573. The summed E-state index contributed by atoms with van der Waals surface area (Å²) >= 11 is 0. The van der Waals surface area contributed by atoms with Gasteiger partial charge in [0.15, 0.2) is 0 Å². The molecule has 0 aliphatic rings. The lowest BCUT2D eigenvalue weighted by molar-refractivity contribution is 0.426. The van der Waals surface area contributed by atoms with Crippen molar-refractivity contribution in [2.75, 3.05) is 0 Å². The van der Waals surface area contributed by atoms with E-state index in [9.17, 15) is 0 Å². The Labute approximate surface area is 141 Å². The van der Waals surface area contributed by atoms with E-state index in [-0.39, 0.29) is 0 Å². The third kappa shape index (κ3) is 3.68. The second kappa shape index (κ2) is 7.36. The molecule has 0 saturated carbocycles. The maximum atomic E-state index is 9.13. The molecule has 0 spiro atoms. The van der Waals surface area contributed by atoms with Crippen LogP contribution in [-0.4, -0.2) is 29.9 Å². The van der Waals surface area contributed by atoms with E-state index in [1.54, 1.807) is 24.3 Å². The van der Waals surface area contributed by atoms with Crippen molar-refractivity contribution >= 4 is 20.3 Å². The van der Waals surface area contributed by atoms with Gasteiger partial charge in [-0.05, 0) is 39.8 Å². The molecule has 3 N–H and O–H groups in total. The molecule has 1 radical (unpaired) electrons. The number of benzene rings is 3. The molecular weight excluding hydrogens is 302 g/mol. The fourth-order valence-corrected chi connectivity index (χ4v) is 2.49. The molecule has 3 aromatic rings. The van der Waals surface area contributed by atoms with Crippen LogP contribution in [0.5, 0.6) is 5.75 Å². The van der Waals surface area contributed by atoms with Crippen LogP contribution in [-0.2, 0) is 0 Å². The van der Waals surface area contributed by atoms with E-state index in [4.69, 9.17) is 19.7 Å². The largest absolute Gasteiger partial charge is 0.569 e. The lowest BCUT2D eigenvalue weighted by atomic mass is 9.80. The van der Waals surface area contributed by atoms with Crippen LogP contribution >= 0.6 is 0 Å². The Bertz CT molecular complexity index is 785. The molecule has 0 unspecified atom stereocenters. The minimum absolute atomic E-state index is 0.470. The summed E-state index contributed by atoms with van der Waals surface area (Å²) in [5.41, 5.74) is 4.64. The minimum Gasteiger partial charge on any atom is -0.537 e. The van der Waals surface area contributed by atoms with E-state index < -0.39 is 7.12 Å². The van der Waals surface area contributed by atoms with Gasteiger partial charge in [-0.1, -0.05) is 60.7 Å². The van der Waals surface area contributed by atoms with Gasteiger partial charge in [0, 0.05) is 0 Å². The predicted molar refractivity (Wildman–Crippen MR) is 95.7 cm³/mol. The van der Waals surface area contributed by atoms with Crippen LogP contribution in [0.1, 0.15) is 0 Å². The summed E-state index contributed by atoms with van der Waals surface area (Å²) in [4.78, 5) is 0. The Kier molecular flexibility index (Phi) is 5.01. The van der Waals surface area contributed by atoms with Crippen molar-refractivity contribution in [1.29, 1.82) is 0 Å². The monoisotopic (exact) mass is 317 g/mol. The summed E-state index contributed by atoms with van der Waals surface area (Å²) in [6.45, 7) is 0. The van der Waals surface area contributed by atoms with Gasteiger partial charge < -0.3 is 19.7 Å². The van der Waals surface area contributed by atoms with E-state index in [0.717, 1.165) is 22.3 Å². The summed E-state index contributed by atoms with van der Waals surface area (Å²) in [6, 6.07) is 22.6. The molecule has 0 aliphatic carbocycles. The molecule has 3 aromatic carbocycles. The molecule has 0 bridgehead atoms. The summed E-state index contributed by atoms with van der Waals surface area (Å²) < 4.78 is 4.90. The smallest absolute Gasteiger partial charge is 0.537 e. The Morgan fingerprint density at radius 3 is 1.38 bits per heavy atom. The van der Waals surface area contributed by atoms with Crippen molar-refractivity contribution in [2.45, 2.75) is 0 Å². The Morgan fingerprint density at radius 1 is 0.625 bits per heavy atom. The highest BCUT2D eigenvalue weighted by Crippen LogP contribution is 2.26. The van der Waals surface area contributed by atoms with Crippen molar-refractivity contribution < 1.29 is 19.7 Å². The van der Waals surface area contributed by atoms with E-state index in [1.807, 2.05) is 48.5 Å². The number of rotatable bonds is 5. The lowest BCUT2D eigenvalue weighted by Gasteiger charge is -2.07. The predicted octanol–water partition coefficient (Wildman–Crippen LogP) is 1.61. The molecule has 0 heterocycles. The molecule has 0 aliphatic heterocycles. The van der Waals surface area contributed by atoms with Crippen LogP contribution in [0, 0.1) is 0 Å². The van der Waals surface area contributed by atoms with E-state index in [2.05, 4.69) is 0 Å². The van der Waals surface area contributed by atoms with Gasteiger partial charge in [-0.25, -0.2) is 0 Å². The molecule has 3 rings (SSSR count). The normalized spacial score (nSPS) is 10.3. The molecule has 4 nitrogen and oxygen atoms in total. The van der Waals surface area contributed by atoms with Gasteiger partial charge in [0.05, 0.1) is 0 Å². The van der Waals surface area contributed by atoms with Crippen molar-refractivity contribution in [3.8, 4) is 28.0 Å². The zero-order chi connectivity index (χ0) is 16.9. The van der Waals surface area contributed by atoms with E-state index >= 15 is 0 Å². The van der Waals surface area contributed by atoms with Gasteiger partial charge >= 0.3 is 14.8 Å².